The van der Waals surface area contributed by atoms with Gasteiger partial charge in [0.25, 0.3) is 0 Å². The number of nitrogens with zero attached hydrogens (tertiary/aromatic N) is 2. The zero-order valence-corrected chi connectivity index (χ0v) is 15.7. The smallest absolute Gasteiger partial charge is 0.243 e. The van der Waals surface area contributed by atoms with Gasteiger partial charge in [-0.05, 0) is 51.6 Å². The predicted octanol–water partition coefficient (Wildman–Crippen LogP) is 4.68. The van der Waals surface area contributed by atoms with E-state index >= 15 is 0 Å². The van der Waals surface area contributed by atoms with Gasteiger partial charge in [-0.15, -0.1) is 5.10 Å². The fourth-order valence-corrected chi connectivity index (χ4v) is 3.52. The Labute approximate surface area is 159 Å². The average molecular weight is 442 g/mol. The first kappa shape index (κ1) is 16.1. The molecule has 0 bridgehead atoms. The third-order valence-electron chi connectivity index (χ3n) is 4.13. The molecule has 4 rings (SSSR count). The molecule has 1 aliphatic rings. The molecular weight excluding hydrogens is 427 g/mol. The number of hydrazone groups is 1. The summed E-state index contributed by atoms with van der Waals surface area (Å²) in [6, 6.07) is 22.0. The van der Waals surface area contributed by atoms with Gasteiger partial charge in [-0.2, -0.15) is 5.01 Å². The van der Waals surface area contributed by atoms with Gasteiger partial charge >= 0.3 is 0 Å². The van der Waals surface area contributed by atoms with Crippen LogP contribution in [0.1, 0.15) is 24.3 Å². The van der Waals surface area contributed by atoms with Gasteiger partial charge < -0.3 is 4.74 Å². The minimum atomic E-state index is -0.559. The SMILES string of the molecule is CC(=O)N1N=C(c2cccc(I)c2)OC1c1cccc2ccccc12. The average Bonchev–Trinajstić information content (AvgIpc) is 3.07. The molecule has 5 heteroatoms. The molecule has 0 saturated heterocycles. The van der Waals surface area contributed by atoms with E-state index in [9.17, 15) is 4.79 Å². The molecule has 3 aromatic carbocycles. The molecule has 1 heterocycles. The van der Waals surface area contributed by atoms with E-state index in [1.165, 1.54) is 11.9 Å². The number of halogens is 1. The summed E-state index contributed by atoms with van der Waals surface area (Å²) in [6.45, 7) is 1.50. The van der Waals surface area contributed by atoms with Crippen LogP contribution in [0.5, 0.6) is 0 Å². The first-order valence-electron chi connectivity index (χ1n) is 7.92. The van der Waals surface area contributed by atoms with Crippen LogP contribution in [-0.2, 0) is 9.53 Å². The van der Waals surface area contributed by atoms with E-state index < -0.39 is 6.23 Å². The highest BCUT2D eigenvalue weighted by molar-refractivity contribution is 14.1. The molecule has 0 aliphatic carbocycles. The summed E-state index contributed by atoms with van der Waals surface area (Å²) in [6.07, 6.45) is -0.559. The van der Waals surface area contributed by atoms with Crippen LogP contribution >= 0.6 is 22.6 Å². The highest BCUT2D eigenvalue weighted by atomic mass is 127. The van der Waals surface area contributed by atoms with E-state index in [1.807, 2.05) is 66.7 Å². The van der Waals surface area contributed by atoms with Gasteiger partial charge in [0.05, 0.1) is 0 Å². The Morgan fingerprint density at radius 2 is 1.84 bits per heavy atom. The zero-order chi connectivity index (χ0) is 17.4. The molecule has 0 fully saturated rings. The number of rotatable bonds is 2. The summed E-state index contributed by atoms with van der Waals surface area (Å²) >= 11 is 2.25. The molecule has 3 aromatic rings. The van der Waals surface area contributed by atoms with E-state index in [2.05, 4.69) is 27.7 Å². The Balaban J connectivity index is 1.79. The second kappa shape index (κ2) is 6.48. The van der Waals surface area contributed by atoms with E-state index in [0.717, 1.165) is 25.5 Å². The lowest BCUT2D eigenvalue weighted by Crippen LogP contribution is -2.25. The molecule has 0 radical (unpaired) electrons. The standard InChI is InChI=1S/C20H15IN2O2/c1-13(24)23-20(18-11-5-7-14-6-2-3-10-17(14)18)25-19(22-23)15-8-4-9-16(21)12-15/h2-12,20H,1H3. The molecule has 4 nitrogen and oxygen atoms in total. The van der Waals surface area contributed by atoms with E-state index in [-0.39, 0.29) is 5.91 Å². The topological polar surface area (TPSA) is 41.9 Å². The number of hydrogen-bond donors (Lipinski definition) is 0. The fourth-order valence-electron chi connectivity index (χ4n) is 2.97. The van der Waals surface area contributed by atoms with Gasteiger partial charge in [-0.1, -0.05) is 48.5 Å². The van der Waals surface area contributed by atoms with Gasteiger partial charge in [-0.3, -0.25) is 4.79 Å². The number of hydrogen-bond acceptors (Lipinski definition) is 3. The number of carbonyl (C=O) groups is 1. The Bertz CT molecular complexity index is 994. The summed E-state index contributed by atoms with van der Waals surface area (Å²) in [5.41, 5.74) is 1.79. The predicted molar refractivity (Wildman–Crippen MR) is 106 cm³/mol. The summed E-state index contributed by atoms with van der Waals surface area (Å²) in [4.78, 5) is 12.1. The zero-order valence-electron chi connectivity index (χ0n) is 13.5. The molecule has 0 spiro atoms. The van der Waals surface area contributed by atoms with Gasteiger partial charge in [0.1, 0.15) is 0 Å². The minimum absolute atomic E-state index is 0.154. The van der Waals surface area contributed by atoms with Crippen molar-refractivity contribution in [2.45, 2.75) is 13.2 Å². The Morgan fingerprint density at radius 3 is 2.64 bits per heavy atom. The lowest BCUT2D eigenvalue weighted by Gasteiger charge is -2.20. The molecule has 0 saturated carbocycles. The number of carbonyl (C=O) groups excluding carboxylic acids is 1. The maximum Gasteiger partial charge on any atom is 0.243 e. The molecule has 1 atom stereocenters. The summed E-state index contributed by atoms with van der Waals surface area (Å²) in [7, 11) is 0. The van der Waals surface area contributed by atoms with Gasteiger partial charge in [0.15, 0.2) is 0 Å². The van der Waals surface area contributed by atoms with Crippen LogP contribution in [0.2, 0.25) is 0 Å². The normalized spacial score (nSPS) is 16.6. The lowest BCUT2D eigenvalue weighted by molar-refractivity contribution is -0.135. The third kappa shape index (κ3) is 3.00. The Hall–Kier alpha value is -2.41. The Morgan fingerprint density at radius 1 is 1.08 bits per heavy atom. The third-order valence-corrected chi connectivity index (χ3v) is 4.80. The molecular formula is C20H15IN2O2. The van der Waals surface area contributed by atoms with Crippen molar-refractivity contribution in [2.75, 3.05) is 0 Å². The Kier molecular flexibility index (Phi) is 4.17. The lowest BCUT2D eigenvalue weighted by atomic mass is 10.0. The van der Waals surface area contributed by atoms with Crippen molar-refractivity contribution in [3.8, 4) is 0 Å². The maximum absolute atomic E-state index is 12.1. The molecule has 1 amide bonds. The van der Waals surface area contributed by atoms with Gasteiger partial charge in [0.2, 0.25) is 18.0 Å². The highest BCUT2D eigenvalue weighted by Gasteiger charge is 2.34. The van der Waals surface area contributed by atoms with Crippen molar-refractivity contribution in [3.05, 3.63) is 81.4 Å². The van der Waals surface area contributed by atoms with Crippen molar-refractivity contribution in [1.82, 2.24) is 5.01 Å². The van der Waals surface area contributed by atoms with E-state index in [0.29, 0.717) is 5.90 Å². The molecule has 124 valence electrons. The maximum atomic E-state index is 12.1. The first-order chi connectivity index (χ1) is 12.1. The number of ether oxygens (including phenoxy) is 1. The minimum Gasteiger partial charge on any atom is -0.446 e. The summed E-state index contributed by atoms with van der Waals surface area (Å²) in [5, 5.41) is 8.01. The van der Waals surface area contributed by atoms with Crippen LogP contribution in [-0.4, -0.2) is 16.8 Å². The molecule has 0 aromatic heterocycles. The largest absolute Gasteiger partial charge is 0.446 e. The van der Waals surface area contributed by atoms with Crippen molar-refractivity contribution in [2.24, 2.45) is 5.10 Å². The van der Waals surface area contributed by atoms with Crippen molar-refractivity contribution < 1.29 is 9.53 Å². The van der Waals surface area contributed by atoms with Crippen molar-refractivity contribution in [3.63, 3.8) is 0 Å². The van der Waals surface area contributed by atoms with Gasteiger partial charge in [-0.25, -0.2) is 0 Å². The fraction of sp³-hybridized carbons (Fsp3) is 0.100. The number of fused-ring (bicyclic) bond motifs is 1. The molecule has 1 unspecified atom stereocenters. The number of benzene rings is 3. The van der Waals surface area contributed by atoms with Crippen LogP contribution in [0.25, 0.3) is 10.8 Å². The second-order valence-electron chi connectivity index (χ2n) is 5.82. The summed E-state index contributed by atoms with van der Waals surface area (Å²) in [5.74, 6) is 0.310. The van der Waals surface area contributed by atoms with Gasteiger partial charge in [0, 0.05) is 21.6 Å². The van der Waals surface area contributed by atoms with Crippen LogP contribution in [0, 0.1) is 3.57 Å². The second-order valence-corrected chi connectivity index (χ2v) is 7.06. The first-order valence-corrected chi connectivity index (χ1v) is 9.00. The monoisotopic (exact) mass is 442 g/mol. The van der Waals surface area contributed by atoms with Crippen molar-refractivity contribution >= 4 is 45.2 Å². The number of amides is 1. The molecule has 1 aliphatic heterocycles. The van der Waals surface area contributed by atoms with Crippen LogP contribution in [0.3, 0.4) is 0 Å². The molecule has 25 heavy (non-hydrogen) atoms. The summed E-state index contributed by atoms with van der Waals surface area (Å²) < 4.78 is 7.21. The van der Waals surface area contributed by atoms with Crippen molar-refractivity contribution in [1.29, 1.82) is 0 Å². The van der Waals surface area contributed by atoms with Crippen LogP contribution in [0.15, 0.2) is 71.8 Å². The van der Waals surface area contributed by atoms with Crippen LogP contribution < -0.4 is 0 Å². The van der Waals surface area contributed by atoms with E-state index in [1.54, 1.807) is 0 Å². The quantitative estimate of drug-likeness (QED) is 0.541. The highest BCUT2D eigenvalue weighted by Crippen LogP contribution is 2.34. The van der Waals surface area contributed by atoms with Crippen LogP contribution in [0.4, 0.5) is 0 Å². The molecule has 0 N–H and O–H groups in total. The van der Waals surface area contributed by atoms with E-state index in [4.69, 9.17) is 4.74 Å².